The van der Waals surface area contributed by atoms with E-state index in [1.165, 1.54) is 0 Å². The highest BCUT2D eigenvalue weighted by atomic mass is 16.6. The predicted molar refractivity (Wildman–Crippen MR) is 98.2 cm³/mol. The minimum absolute atomic E-state index is 0.0619. The fraction of sp³-hybridized carbons (Fsp3) is 0.211. The quantitative estimate of drug-likeness (QED) is 0.584. The number of nitriles is 1. The summed E-state index contributed by atoms with van der Waals surface area (Å²) in [5, 5.41) is 17.3. The summed E-state index contributed by atoms with van der Waals surface area (Å²) < 4.78 is 16.7. The van der Waals surface area contributed by atoms with Gasteiger partial charge in [0.15, 0.2) is 11.5 Å². The molecular weight excluding hydrogens is 362 g/mol. The Morgan fingerprint density at radius 3 is 2.75 bits per heavy atom. The number of hydrogen-bond acceptors (Lipinski definition) is 7. The van der Waals surface area contributed by atoms with E-state index in [4.69, 9.17) is 19.9 Å². The summed E-state index contributed by atoms with van der Waals surface area (Å²) in [6, 6.07) is 7.36. The molecule has 2 aromatic heterocycles. The van der Waals surface area contributed by atoms with Gasteiger partial charge in [-0.05, 0) is 19.1 Å². The summed E-state index contributed by atoms with van der Waals surface area (Å²) in [6.45, 7) is 2.72. The number of pyridine rings is 1. The standard InChI is InChI=1S/C19H15N5O4/c1-8-15-16(11(7-20)17(21)28-19(15)24-23-8)10-4-9-5-13-14(27-3-2-26-13)6-12(9)22-18(10)25/h4-6,16H,2-3,21H2,1H3,(H,22,25)(H,23,24). The van der Waals surface area contributed by atoms with Gasteiger partial charge in [0.2, 0.25) is 11.8 Å². The van der Waals surface area contributed by atoms with E-state index in [9.17, 15) is 10.1 Å². The van der Waals surface area contributed by atoms with E-state index < -0.39 is 5.92 Å². The zero-order valence-electron chi connectivity index (χ0n) is 14.8. The number of fused-ring (bicyclic) bond motifs is 3. The van der Waals surface area contributed by atoms with Gasteiger partial charge in [0.1, 0.15) is 24.9 Å². The van der Waals surface area contributed by atoms with E-state index in [1.54, 1.807) is 19.1 Å². The zero-order valence-corrected chi connectivity index (χ0v) is 14.8. The molecule has 0 fully saturated rings. The number of benzene rings is 1. The van der Waals surface area contributed by atoms with Gasteiger partial charge in [0, 0.05) is 28.3 Å². The third-order valence-corrected chi connectivity index (χ3v) is 4.98. The summed E-state index contributed by atoms with van der Waals surface area (Å²) in [6.07, 6.45) is 0. The number of nitrogens with zero attached hydrogens (tertiary/aromatic N) is 2. The molecular formula is C19H15N5O4. The van der Waals surface area contributed by atoms with Gasteiger partial charge >= 0.3 is 0 Å². The van der Waals surface area contributed by atoms with Crippen molar-refractivity contribution >= 4 is 10.9 Å². The second-order valence-electron chi connectivity index (χ2n) is 6.63. The lowest BCUT2D eigenvalue weighted by Crippen LogP contribution is -2.25. The minimum atomic E-state index is -0.686. The lowest BCUT2D eigenvalue weighted by Gasteiger charge is -2.23. The van der Waals surface area contributed by atoms with Crippen molar-refractivity contribution in [2.75, 3.05) is 13.2 Å². The molecule has 2 aliphatic heterocycles. The number of ether oxygens (including phenoxy) is 3. The molecule has 9 nitrogen and oxygen atoms in total. The summed E-state index contributed by atoms with van der Waals surface area (Å²) in [4.78, 5) is 15.8. The number of rotatable bonds is 1. The third kappa shape index (κ3) is 2.24. The van der Waals surface area contributed by atoms with Crippen molar-refractivity contribution in [1.82, 2.24) is 15.2 Å². The van der Waals surface area contributed by atoms with Crippen molar-refractivity contribution in [3.8, 4) is 23.4 Å². The Morgan fingerprint density at radius 2 is 2.00 bits per heavy atom. The largest absolute Gasteiger partial charge is 0.486 e. The van der Waals surface area contributed by atoms with E-state index in [-0.39, 0.29) is 22.9 Å². The smallest absolute Gasteiger partial charge is 0.252 e. The van der Waals surface area contributed by atoms with Crippen LogP contribution in [-0.4, -0.2) is 28.4 Å². The van der Waals surface area contributed by atoms with E-state index >= 15 is 0 Å². The topological polar surface area (TPSA) is 139 Å². The minimum Gasteiger partial charge on any atom is -0.486 e. The van der Waals surface area contributed by atoms with Crippen molar-refractivity contribution < 1.29 is 14.2 Å². The summed E-state index contributed by atoms with van der Waals surface area (Å²) in [5.74, 6) is 0.713. The zero-order chi connectivity index (χ0) is 19.4. The van der Waals surface area contributed by atoms with Gasteiger partial charge in [-0.1, -0.05) is 0 Å². The molecule has 2 aliphatic rings. The van der Waals surface area contributed by atoms with Gasteiger partial charge in [-0.3, -0.25) is 9.89 Å². The Balaban J connectivity index is 1.76. The molecule has 9 heteroatoms. The molecule has 28 heavy (non-hydrogen) atoms. The predicted octanol–water partition coefficient (Wildman–Crippen LogP) is 1.55. The molecule has 4 N–H and O–H groups in total. The summed E-state index contributed by atoms with van der Waals surface area (Å²) in [5.41, 5.74) is 8.07. The van der Waals surface area contributed by atoms with E-state index in [1.807, 2.05) is 6.07 Å². The van der Waals surface area contributed by atoms with Crippen LogP contribution < -0.4 is 25.5 Å². The maximum absolute atomic E-state index is 12.9. The summed E-state index contributed by atoms with van der Waals surface area (Å²) >= 11 is 0. The highest BCUT2D eigenvalue weighted by Crippen LogP contribution is 2.42. The molecule has 4 heterocycles. The van der Waals surface area contributed by atoms with Gasteiger partial charge < -0.3 is 24.9 Å². The van der Waals surface area contributed by atoms with Crippen LogP contribution >= 0.6 is 0 Å². The van der Waals surface area contributed by atoms with Crippen molar-refractivity contribution in [2.24, 2.45) is 5.73 Å². The molecule has 0 aliphatic carbocycles. The number of hydrogen-bond donors (Lipinski definition) is 3. The van der Waals surface area contributed by atoms with Crippen molar-refractivity contribution in [3.63, 3.8) is 0 Å². The molecule has 1 aromatic carbocycles. The van der Waals surface area contributed by atoms with Crippen molar-refractivity contribution in [3.05, 3.63) is 56.8 Å². The maximum Gasteiger partial charge on any atom is 0.252 e. The molecule has 0 saturated heterocycles. The van der Waals surface area contributed by atoms with Crippen LogP contribution in [0.15, 0.2) is 34.4 Å². The molecule has 0 radical (unpaired) electrons. The van der Waals surface area contributed by atoms with E-state index in [0.717, 1.165) is 5.39 Å². The lowest BCUT2D eigenvalue weighted by molar-refractivity contribution is 0.172. The first-order valence-electron chi connectivity index (χ1n) is 8.66. The normalized spacial score (nSPS) is 17.8. The molecule has 1 unspecified atom stereocenters. The highest BCUT2D eigenvalue weighted by molar-refractivity contribution is 5.83. The van der Waals surface area contributed by atoms with E-state index in [2.05, 4.69) is 21.3 Å². The number of nitrogens with one attached hydrogen (secondary N) is 2. The average molecular weight is 377 g/mol. The maximum atomic E-state index is 12.9. The van der Waals surface area contributed by atoms with Crippen LogP contribution in [0.1, 0.15) is 22.7 Å². The number of H-pyrrole nitrogens is 2. The molecule has 1 atom stereocenters. The van der Waals surface area contributed by atoms with Crippen LogP contribution in [0, 0.1) is 18.3 Å². The molecule has 3 aromatic rings. The Labute approximate surface area is 158 Å². The van der Waals surface area contributed by atoms with Crippen LogP contribution in [0.2, 0.25) is 0 Å². The monoisotopic (exact) mass is 377 g/mol. The van der Waals surface area contributed by atoms with Crippen LogP contribution in [0.25, 0.3) is 10.9 Å². The molecule has 5 rings (SSSR count). The molecule has 0 amide bonds. The van der Waals surface area contributed by atoms with Crippen LogP contribution in [0.3, 0.4) is 0 Å². The average Bonchev–Trinajstić information content (AvgIpc) is 3.05. The van der Waals surface area contributed by atoms with Gasteiger partial charge in [0.25, 0.3) is 5.56 Å². The highest BCUT2D eigenvalue weighted by Gasteiger charge is 2.36. The van der Waals surface area contributed by atoms with Crippen molar-refractivity contribution in [2.45, 2.75) is 12.8 Å². The number of aryl methyl sites for hydroxylation is 1. The molecule has 140 valence electrons. The van der Waals surface area contributed by atoms with Gasteiger partial charge in [-0.15, -0.1) is 5.10 Å². The lowest BCUT2D eigenvalue weighted by atomic mass is 9.84. The van der Waals surface area contributed by atoms with Crippen LogP contribution in [-0.2, 0) is 0 Å². The Kier molecular flexibility index (Phi) is 3.36. The molecule has 0 spiro atoms. The van der Waals surface area contributed by atoms with Gasteiger partial charge in [-0.2, -0.15) is 5.26 Å². The van der Waals surface area contributed by atoms with Crippen LogP contribution in [0.5, 0.6) is 17.4 Å². The Bertz CT molecular complexity index is 1260. The number of nitrogens with two attached hydrogens (primary N) is 1. The second kappa shape index (κ2) is 5.79. The fourth-order valence-corrected chi connectivity index (χ4v) is 3.68. The van der Waals surface area contributed by atoms with Gasteiger partial charge in [0.05, 0.1) is 11.4 Å². The molecule has 0 saturated carbocycles. The van der Waals surface area contributed by atoms with E-state index in [0.29, 0.717) is 47.1 Å². The van der Waals surface area contributed by atoms with Gasteiger partial charge in [-0.25, -0.2) is 0 Å². The number of allylic oxidation sites excluding steroid dienone is 1. The first-order valence-corrected chi connectivity index (χ1v) is 8.66. The van der Waals surface area contributed by atoms with Crippen molar-refractivity contribution in [1.29, 1.82) is 5.26 Å². The third-order valence-electron chi connectivity index (χ3n) is 4.98. The number of aromatic nitrogens is 3. The summed E-state index contributed by atoms with van der Waals surface area (Å²) in [7, 11) is 0. The fourth-order valence-electron chi connectivity index (χ4n) is 3.68. The number of aromatic amines is 2. The Morgan fingerprint density at radius 1 is 1.25 bits per heavy atom. The second-order valence-corrected chi connectivity index (χ2v) is 6.63. The SMILES string of the molecule is Cc1[nH]nc2c1C(c1cc3cc4c(cc3[nH]c1=O)OCCO4)C(C#N)=C(N)O2. The van der Waals surface area contributed by atoms with Crippen LogP contribution in [0.4, 0.5) is 0 Å². The first-order chi connectivity index (χ1) is 13.6. The first kappa shape index (κ1) is 16.3. The molecule has 0 bridgehead atoms. The Hall–Kier alpha value is -3.93.